The van der Waals surface area contributed by atoms with Gasteiger partial charge < -0.3 is 14.5 Å². The van der Waals surface area contributed by atoms with Gasteiger partial charge in [0.15, 0.2) is 5.76 Å². The molecule has 2 rings (SSSR count). The van der Waals surface area contributed by atoms with Crippen molar-refractivity contribution in [1.82, 2.24) is 10.3 Å². The van der Waals surface area contributed by atoms with Crippen LogP contribution in [0.5, 0.6) is 0 Å². The van der Waals surface area contributed by atoms with E-state index in [1.807, 2.05) is 18.2 Å². The molecule has 0 amide bonds. The Morgan fingerprint density at radius 2 is 2.32 bits per heavy atom. The first-order chi connectivity index (χ1) is 9.20. The Balaban J connectivity index is 2.01. The Morgan fingerprint density at radius 1 is 1.47 bits per heavy atom. The molecule has 0 aliphatic heterocycles. The summed E-state index contributed by atoms with van der Waals surface area (Å²) in [6.07, 6.45) is 1.71. The van der Waals surface area contributed by atoms with Crippen molar-refractivity contribution in [3.05, 3.63) is 39.8 Å². The van der Waals surface area contributed by atoms with Crippen molar-refractivity contribution in [1.29, 1.82) is 0 Å². The highest BCUT2D eigenvalue weighted by atomic mass is 79.9. The maximum Gasteiger partial charge on any atom is 0.208 e. The normalized spacial score (nSPS) is 10.9. The van der Waals surface area contributed by atoms with Crippen molar-refractivity contribution >= 4 is 27.5 Å². The summed E-state index contributed by atoms with van der Waals surface area (Å²) in [4.78, 5) is 4.22. The zero-order chi connectivity index (χ0) is 13.7. The predicted molar refractivity (Wildman–Crippen MR) is 78.2 cm³/mol. The van der Waals surface area contributed by atoms with Crippen molar-refractivity contribution < 1.29 is 9.15 Å². The monoisotopic (exact) mass is 344 g/mol. The summed E-state index contributed by atoms with van der Waals surface area (Å²) in [6, 6.07) is 5.63. The van der Waals surface area contributed by atoms with Crippen LogP contribution in [0.4, 0.5) is 0 Å². The molecule has 102 valence electrons. The number of rotatable bonds is 6. The van der Waals surface area contributed by atoms with Crippen LogP contribution in [0.15, 0.2) is 33.3 Å². The SMILES string of the molecule is COCCNCc1ncc(-c2ccc(Cl)c(Br)c2)o1. The minimum absolute atomic E-state index is 0.581. The number of halogens is 2. The molecule has 0 atom stereocenters. The van der Waals surface area contributed by atoms with Gasteiger partial charge in [-0.2, -0.15) is 0 Å². The molecular formula is C13H14BrClN2O2. The van der Waals surface area contributed by atoms with Crippen LogP contribution < -0.4 is 5.32 Å². The molecule has 0 saturated carbocycles. The number of ether oxygens (including phenoxy) is 1. The maximum absolute atomic E-state index is 5.96. The van der Waals surface area contributed by atoms with E-state index in [4.69, 9.17) is 20.8 Å². The Labute approximate surface area is 125 Å². The standard InChI is InChI=1S/C13H14BrClN2O2/c1-18-5-4-16-8-13-17-7-12(19-13)9-2-3-11(15)10(14)6-9/h2-3,6-7,16H,4-5,8H2,1H3. The lowest BCUT2D eigenvalue weighted by atomic mass is 10.2. The highest BCUT2D eigenvalue weighted by molar-refractivity contribution is 9.10. The van der Waals surface area contributed by atoms with Crippen molar-refractivity contribution in [3.63, 3.8) is 0 Å². The van der Waals surface area contributed by atoms with Gasteiger partial charge in [0.05, 0.1) is 24.4 Å². The summed E-state index contributed by atoms with van der Waals surface area (Å²) < 4.78 is 11.4. The van der Waals surface area contributed by atoms with Gasteiger partial charge in [0.25, 0.3) is 0 Å². The lowest BCUT2D eigenvalue weighted by molar-refractivity contribution is 0.198. The molecule has 6 heteroatoms. The fourth-order valence-electron chi connectivity index (χ4n) is 1.54. The van der Waals surface area contributed by atoms with Crippen LogP contribution in [0, 0.1) is 0 Å². The fourth-order valence-corrected chi connectivity index (χ4v) is 2.04. The summed E-state index contributed by atoms with van der Waals surface area (Å²) in [5, 5.41) is 3.85. The van der Waals surface area contributed by atoms with E-state index in [2.05, 4.69) is 26.2 Å². The van der Waals surface area contributed by atoms with E-state index in [1.165, 1.54) is 0 Å². The number of nitrogens with zero attached hydrogens (tertiary/aromatic N) is 1. The van der Waals surface area contributed by atoms with Crippen LogP contribution in [-0.4, -0.2) is 25.2 Å². The van der Waals surface area contributed by atoms with Crippen molar-refractivity contribution in [2.45, 2.75) is 6.54 Å². The molecule has 0 unspecified atom stereocenters. The van der Waals surface area contributed by atoms with Crippen LogP contribution in [0.25, 0.3) is 11.3 Å². The van der Waals surface area contributed by atoms with E-state index >= 15 is 0 Å². The van der Waals surface area contributed by atoms with Gasteiger partial charge in [-0.05, 0) is 34.1 Å². The van der Waals surface area contributed by atoms with Gasteiger partial charge in [0, 0.05) is 23.7 Å². The van der Waals surface area contributed by atoms with Crippen molar-refractivity contribution in [3.8, 4) is 11.3 Å². The molecule has 4 nitrogen and oxygen atoms in total. The molecular weight excluding hydrogens is 332 g/mol. The number of benzene rings is 1. The highest BCUT2D eigenvalue weighted by Gasteiger charge is 2.07. The molecule has 0 fully saturated rings. The number of oxazole rings is 1. The van der Waals surface area contributed by atoms with Gasteiger partial charge in [0.1, 0.15) is 0 Å². The van der Waals surface area contributed by atoms with Crippen LogP contribution in [-0.2, 0) is 11.3 Å². The summed E-state index contributed by atoms with van der Waals surface area (Å²) in [6.45, 7) is 2.01. The van der Waals surface area contributed by atoms with E-state index in [9.17, 15) is 0 Å². The second kappa shape index (κ2) is 7.05. The van der Waals surface area contributed by atoms with E-state index in [1.54, 1.807) is 13.3 Å². The van der Waals surface area contributed by atoms with Gasteiger partial charge in [0.2, 0.25) is 5.89 Å². The molecule has 0 bridgehead atoms. The third-order valence-corrected chi connectivity index (χ3v) is 3.73. The Hall–Kier alpha value is -0.880. The Morgan fingerprint density at radius 3 is 3.05 bits per heavy atom. The first kappa shape index (κ1) is 14.5. The first-order valence-corrected chi connectivity index (χ1v) is 6.97. The van der Waals surface area contributed by atoms with Crippen LogP contribution in [0.3, 0.4) is 0 Å². The maximum atomic E-state index is 5.96. The average molecular weight is 346 g/mol. The van der Waals surface area contributed by atoms with E-state index in [0.29, 0.717) is 24.1 Å². The summed E-state index contributed by atoms with van der Waals surface area (Å²) >= 11 is 9.35. The average Bonchev–Trinajstić information content (AvgIpc) is 2.87. The summed E-state index contributed by atoms with van der Waals surface area (Å²) in [7, 11) is 1.67. The lowest BCUT2D eigenvalue weighted by Gasteiger charge is -2.01. The fraction of sp³-hybridized carbons (Fsp3) is 0.308. The minimum Gasteiger partial charge on any atom is -0.439 e. The van der Waals surface area contributed by atoms with Gasteiger partial charge >= 0.3 is 0 Å². The number of nitrogens with one attached hydrogen (secondary N) is 1. The lowest BCUT2D eigenvalue weighted by Crippen LogP contribution is -2.18. The van der Waals surface area contributed by atoms with E-state index < -0.39 is 0 Å². The van der Waals surface area contributed by atoms with Crippen LogP contribution in [0.1, 0.15) is 5.89 Å². The van der Waals surface area contributed by atoms with Gasteiger partial charge in [-0.3, -0.25) is 0 Å². The zero-order valence-corrected chi connectivity index (χ0v) is 12.8. The van der Waals surface area contributed by atoms with Crippen molar-refractivity contribution in [2.24, 2.45) is 0 Å². The number of hydrogen-bond acceptors (Lipinski definition) is 4. The minimum atomic E-state index is 0.581. The largest absolute Gasteiger partial charge is 0.439 e. The third-order valence-electron chi connectivity index (χ3n) is 2.52. The second-order valence-electron chi connectivity index (χ2n) is 3.92. The zero-order valence-electron chi connectivity index (χ0n) is 10.5. The quantitative estimate of drug-likeness (QED) is 0.814. The molecule has 1 N–H and O–H groups in total. The molecule has 0 aliphatic carbocycles. The summed E-state index contributed by atoms with van der Waals surface area (Å²) in [5.74, 6) is 1.37. The molecule has 1 heterocycles. The predicted octanol–water partition coefficient (Wildman–Crippen LogP) is 3.49. The Kier molecular flexibility index (Phi) is 5.39. The van der Waals surface area contributed by atoms with Gasteiger partial charge in [-0.1, -0.05) is 11.6 Å². The van der Waals surface area contributed by atoms with E-state index in [-0.39, 0.29) is 0 Å². The second-order valence-corrected chi connectivity index (χ2v) is 5.18. The molecule has 0 saturated heterocycles. The highest BCUT2D eigenvalue weighted by Crippen LogP contribution is 2.29. The Bertz CT molecular complexity index is 545. The molecule has 1 aromatic heterocycles. The number of aromatic nitrogens is 1. The van der Waals surface area contributed by atoms with Crippen LogP contribution in [0.2, 0.25) is 5.02 Å². The molecule has 0 spiro atoms. The third kappa shape index (κ3) is 4.04. The molecule has 0 radical (unpaired) electrons. The smallest absolute Gasteiger partial charge is 0.208 e. The van der Waals surface area contributed by atoms with Gasteiger partial charge in [-0.15, -0.1) is 0 Å². The molecule has 0 aliphatic rings. The van der Waals surface area contributed by atoms with Crippen LogP contribution >= 0.6 is 27.5 Å². The number of hydrogen-bond donors (Lipinski definition) is 1. The molecule has 19 heavy (non-hydrogen) atoms. The molecule has 1 aromatic carbocycles. The first-order valence-electron chi connectivity index (χ1n) is 5.80. The molecule has 2 aromatic rings. The topological polar surface area (TPSA) is 47.3 Å². The summed E-state index contributed by atoms with van der Waals surface area (Å²) in [5.41, 5.74) is 0.937. The van der Waals surface area contributed by atoms with Gasteiger partial charge in [-0.25, -0.2) is 4.98 Å². The number of methoxy groups -OCH3 is 1. The van der Waals surface area contributed by atoms with E-state index in [0.717, 1.165) is 22.3 Å². The van der Waals surface area contributed by atoms with Crippen molar-refractivity contribution in [2.75, 3.05) is 20.3 Å².